The standard InChI is InChI=1S/C11H17N3O2/c1-11(2,3)7-12-9-6-5-8(13-14-9)10(15)16-4/h5-6H,7H2,1-4H3,(H,12,14). The van der Waals surface area contributed by atoms with Gasteiger partial charge in [-0.2, -0.15) is 0 Å². The van der Waals surface area contributed by atoms with E-state index < -0.39 is 5.97 Å². The lowest BCUT2D eigenvalue weighted by atomic mass is 9.97. The first-order valence-electron chi connectivity index (χ1n) is 5.08. The Balaban J connectivity index is 2.62. The summed E-state index contributed by atoms with van der Waals surface area (Å²) in [5.74, 6) is 0.178. The molecule has 1 heterocycles. The van der Waals surface area contributed by atoms with Gasteiger partial charge in [-0.05, 0) is 17.5 Å². The molecule has 1 aromatic rings. The molecule has 0 fully saturated rings. The summed E-state index contributed by atoms with van der Waals surface area (Å²) in [4.78, 5) is 11.1. The topological polar surface area (TPSA) is 64.1 Å². The van der Waals surface area contributed by atoms with Gasteiger partial charge in [0.05, 0.1) is 7.11 Å². The summed E-state index contributed by atoms with van der Waals surface area (Å²) < 4.78 is 4.53. The number of nitrogens with one attached hydrogen (secondary N) is 1. The van der Waals surface area contributed by atoms with Crippen molar-refractivity contribution < 1.29 is 9.53 Å². The van der Waals surface area contributed by atoms with E-state index in [9.17, 15) is 4.79 Å². The van der Waals surface area contributed by atoms with Gasteiger partial charge >= 0.3 is 5.97 Å². The van der Waals surface area contributed by atoms with Crippen molar-refractivity contribution in [3.8, 4) is 0 Å². The zero-order valence-corrected chi connectivity index (χ0v) is 10.1. The molecule has 0 radical (unpaired) electrons. The highest BCUT2D eigenvalue weighted by Gasteiger charge is 2.11. The zero-order valence-electron chi connectivity index (χ0n) is 10.1. The van der Waals surface area contributed by atoms with E-state index in [1.165, 1.54) is 7.11 Å². The molecule has 0 bridgehead atoms. The van der Waals surface area contributed by atoms with E-state index in [2.05, 4.69) is 41.0 Å². The summed E-state index contributed by atoms with van der Waals surface area (Å²) in [7, 11) is 1.32. The number of hydrogen-bond donors (Lipinski definition) is 1. The van der Waals surface area contributed by atoms with E-state index >= 15 is 0 Å². The molecule has 88 valence electrons. The molecule has 1 aromatic heterocycles. The summed E-state index contributed by atoms with van der Waals surface area (Å²) in [6.45, 7) is 7.15. The third-order valence-electron chi connectivity index (χ3n) is 1.86. The molecule has 1 rings (SSSR count). The van der Waals surface area contributed by atoms with Crippen molar-refractivity contribution in [1.82, 2.24) is 10.2 Å². The molecule has 0 aliphatic carbocycles. The van der Waals surface area contributed by atoms with Crippen LogP contribution in [0.2, 0.25) is 0 Å². The number of nitrogens with zero attached hydrogens (tertiary/aromatic N) is 2. The highest BCUT2D eigenvalue weighted by atomic mass is 16.5. The SMILES string of the molecule is COC(=O)c1ccc(NCC(C)(C)C)nn1. The van der Waals surface area contributed by atoms with Gasteiger partial charge in [0.2, 0.25) is 0 Å². The molecular formula is C11H17N3O2. The second kappa shape index (κ2) is 4.92. The van der Waals surface area contributed by atoms with Gasteiger partial charge in [-0.3, -0.25) is 0 Å². The second-order valence-corrected chi connectivity index (χ2v) is 4.71. The third-order valence-corrected chi connectivity index (χ3v) is 1.86. The minimum atomic E-state index is -0.477. The van der Waals surface area contributed by atoms with E-state index in [1.807, 2.05) is 0 Å². The lowest BCUT2D eigenvalue weighted by Crippen LogP contribution is -2.20. The highest BCUT2D eigenvalue weighted by Crippen LogP contribution is 2.13. The number of carbonyl (C=O) groups is 1. The molecule has 1 N–H and O–H groups in total. The maximum atomic E-state index is 11.1. The second-order valence-electron chi connectivity index (χ2n) is 4.71. The molecule has 0 saturated carbocycles. The summed E-state index contributed by atoms with van der Waals surface area (Å²) in [5, 5.41) is 10.8. The van der Waals surface area contributed by atoms with Gasteiger partial charge in [0.15, 0.2) is 5.69 Å². The van der Waals surface area contributed by atoms with Gasteiger partial charge in [0.1, 0.15) is 5.82 Å². The fourth-order valence-electron chi connectivity index (χ4n) is 0.996. The molecule has 0 saturated heterocycles. The van der Waals surface area contributed by atoms with Gasteiger partial charge in [0, 0.05) is 6.54 Å². The number of carbonyl (C=O) groups excluding carboxylic acids is 1. The zero-order chi connectivity index (χ0) is 12.2. The van der Waals surface area contributed by atoms with E-state index in [-0.39, 0.29) is 11.1 Å². The minimum Gasteiger partial charge on any atom is -0.464 e. The van der Waals surface area contributed by atoms with E-state index in [0.717, 1.165) is 6.54 Å². The lowest BCUT2D eigenvalue weighted by molar-refractivity contribution is 0.0593. The van der Waals surface area contributed by atoms with Crippen molar-refractivity contribution in [2.24, 2.45) is 5.41 Å². The molecule has 0 amide bonds. The molecule has 0 aromatic carbocycles. The molecule has 5 heteroatoms. The molecule has 16 heavy (non-hydrogen) atoms. The quantitative estimate of drug-likeness (QED) is 0.790. The number of anilines is 1. The average Bonchev–Trinajstić information content (AvgIpc) is 2.25. The monoisotopic (exact) mass is 223 g/mol. The van der Waals surface area contributed by atoms with E-state index in [4.69, 9.17) is 0 Å². The predicted molar refractivity (Wildman–Crippen MR) is 61.3 cm³/mol. The van der Waals surface area contributed by atoms with E-state index in [1.54, 1.807) is 12.1 Å². The Bertz CT molecular complexity index is 354. The molecule has 0 unspecified atom stereocenters. The van der Waals surface area contributed by atoms with Gasteiger partial charge in [-0.15, -0.1) is 10.2 Å². The van der Waals surface area contributed by atoms with Gasteiger partial charge in [-0.1, -0.05) is 20.8 Å². The maximum Gasteiger partial charge on any atom is 0.358 e. The number of ether oxygens (including phenoxy) is 1. The molecule has 0 aliphatic rings. The number of aromatic nitrogens is 2. The van der Waals surface area contributed by atoms with Crippen molar-refractivity contribution in [3.63, 3.8) is 0 Å². The van der Waals surface area contributed by atoms with Crippen LogP contribution < -0.4 is 5.32 Å². The summed E-state index contributed by atoms with van der Waals surface area (Å²) in [5.41, 5.74) is 0.381. The summed E-state index contributed by atoms with van der Waals surface area (Å²) in [6.07, 6.45) is 0. The van der Waals surface area contributed by atoms with Crippen LogP contribution in [0, 0.1) is 5.41 Å². The summed E-state index contributed by atoms with van der Waals surface area (Å²) >= 11 is 0. The van der Waals surface area contributed by atoms with Crippen molar-refractivity contribution in [3.05, 3.63) is 17.8 Å². The van der Waals surface area contributed by atoms with Crippen molar-refractivity contribution in [1.29, 1.82) is 0 Å². The third kappa shape index (κ3) is 3.84. The Hall–Kier alpha value is -1.65. The number of hydrogen-bond acceptors (Lipinski definition) is 5. The Morgan fingerprint density at radius 1 is 1.38 bits per heavy atom. The van der Waals surface area contributed by atoms with Crippen LogP contribution in [-0.4, -0.2) is 29.8 Å². The van der Waals surface area contributed by atoms with Crippen molar-refractivity contribution >= 4 is 11.8 Å². The minimum absolute atomic E-state index is 0.169. The molecular weight excluding hydrogens is 206 g/mol. The lowest BCUT2D eigenvalue weighted by Gasteiger charge is -2.18. The van der Waals surface area contributed by atoms with E-state index in [0.29, 0.717) is 5.82 Å². The van der Waals surface area contributed by atoms with Crippen LogP contribution in [-0.2, 0) is 4.74 Å². The molecule has 0 spiro atoms. The Kier molecular flexibility index (Phi) is 3.82. The number of esters is 1. The van der Waals surface area contributed by atoms with Crippen LogP contribution in [0.1, 0.15) is 31.3 Å². The Morgan fingerprint density at radius 2 is 2.06 bits per heavy atom. The largest absolute Gasteiger partial charge is 0.464 e. The van der Waals surface area contributed by atoms with Crippen LogP contribution in [0.5, 0.6) is 0 Å². The van der Waals surface area contributed by atoms with Gasteiger partial charge in [-0.25, -0.2) is 4.79 Å². The van der Waals surface area contributed by atoms with Crippen LogP contribution in [0.3, 0.4) is 0 Å². The smallest absolute Gasteiger partial charge is 0.358 e. The molecule has 5 nitrogen and oxygen atoms in total. The van der Waals surface area contributed by atoms with Crippen molar-refractivity contribution in [2.45, 2.75) is 20.8 Å². The first-order chi connectivity index (χ1) is 7.42. The Morgan fingerprint density at radius 3 is 2.50 bits per heavy atom. The fourth-order valence-corrected chi connectivity index (χ4v) is 0.996. The fraction of sp³-hybridized carbons (Fsp3) is 0.545. The number of rotatable bonds is 3. The van der Waals surface area contributed by atoms with Crippen LogP contribution in [0.4, 0.5) is 5.82 Å². The normalized spacial score (nSPS) is 11.0. The van der Waals surface area contributed by atoms with Crippen LogP contribution in [0.25, 0.3) is 0 Å². The van der Waals surface area contributed by atoms with Gasteiger partial charge < -0.3 is 10.1 Å². The maximum absolute atomic E-state index is 11.1. The highest BCUT2D eigenvalue weighted by molar-refractivity contribution is 5.86. The predicted octanol–water partition coefficient (Wildman–Crippen LogP) is 1.72. The van der Waals surface area contributed by atoms with Crippen LogP contribution in [0.15, 0.2) is 12.1 Å². The van der Waals surface area contributed by atoms with Crippen molar-refractivity contribution in [2.75, 3.05) is 19.0 Å². The van der Waals surface area contributed by atoms with Crippen LogP contribution >= 0.6 is 0 Å². The molecule has 0 aliphatic heterocycles. The first-order valence-corrected chi connectivity index (χ1v) is 5.08. The Labute approximate surface area is 95.2 Å². The number of methoxy groups -OCH3 is 1. The summed E-state index contributed by atoms with van der Waals surface area (Å²) in [6, 6.07) is 3.30. The van der Waals surface area contributed by atoms with Gasteiger partial charge in [0.25, 0.3) is 0 Å². The molecule has 0 atom stereocenters. The first kappa shape index (κ1) is 12.4. The average molecular weight is 223 g/mol.